The lowest BCUT2D eigenvalue weighted by Crippen LogP contribution is -2.08. The number of aliphatic hydroxyl groups excluding tert-OH is 1. The first-order chi connectivity index (χ1) is 10.7. The molecule has 0 aliphatic rings. The summed E-state index contributed by atoms with van der Waals surface area (Å²) in [5, 5.41) is 11.7. The van der Waals surface area contributed by atoms with Crippen LogP contribution < -0.4 is 5.32 Å². The van der Waals surface area contributed by atoms with E-state index in [2.05, 4.69) is 25.1 Å². The fourth-order valence-corrected chi connectivity index (χ4v) is 1.30. The Balaban J connectivity index is -0.000000826. The molecule has 0 atom stereocenters. The van der Waals surface area contributed by atoms with E-state index >= 15 is 0 Å². The van der Waals surface area contributed by atoms with Crippen LogP contribution in [0.3, 0.4) is 0 Å². The van der Waals surface area contributed by atoms with Gasteiger partial charge in [0.2, 0.25) is 0 Å². The highest BCUT2D eigenvalue weighted by Crippen LogP contribution is 2.12. The molecule has 0 unspecified atom stereocenters. The number of halogens is 1. The van der Waals surface area contributed by atoms with Crippen LogP contribution in [0.2, 0.25) is 0 Å². The summed E-state index contributed by atoms with van der Waals surface area (Å²) in [5.74, 6) is -0.290. The quantitative estimate of drug-likeness (QED) is 0.475. The van der Waals surface area contributed by atoms with E-state index in [0.717, 1.165) is 5.57 Å². The monoisotopic (exact) mass is 309 g/mol. The van der Waals surface area contributed by atoms with E-state index in [9.17, 15) is 4.39 Å². The molecule has 0 aromatic carbocycles. The molecule has 2 nitrogen and oxygen atoms in total. The average molecular weight is 309 g/mol. The number of hydrogen-bond acceptors (Lipinski definition) is 2. The summed E-state index contributed by atoms with van der Waals surface area (Å²) in [6.45, 7) is 17.9. The van der Waals surface area contributed by atoms with Gasteiger partial charge in [0.1, 0.15) is 5.83 Å². The first-order valence-corrected chi connectivity index (χ1v) is 7.53. The third kappa shape index (κ3) is 14.5. The molecule has 0 rings (SSSR count). The molecule has 0 aliphatic carbocycles. The molecule has 2 N–H and O–H groups in total. The smallest absolute Gasteiger partial charge is 0.125 e. The predicted octanol–water partition coefficient (Wildman–Crippen LogP) is 5.23. The molecular formula is C19H32FNO. The third-order valence-corrected chi connectivity index (χ3v) is 2.38. The molecule has 0 amide bonds. The second-order valence-corrected chi connectivity index (χ2v) is 3.59. The topological polar surface area (TPSA) is 32.3 Å². The van der Waals surface area contributed by atoms with E-state index < -0.39 is 0 Å². The molecule has 0 aromatic heterocycles. The van der Waals surface area contributed by atoms with E-state index in [4.69, 9.17) is 5.11 Å². The fraction of sp³-hybridized carbons (Fsp3) is 0.368. The first kappa shape index (κ1) is 25.1. The Labute approximate surface area is 136 Å². The van der Waals surface area contributed by atoms with Crippen LogP contribution in [0.1, 0.15) is 34.1 Å². The molecule has 22 heavy (non-hydrogen) atoms. The van der Waals surface area contributed by atoms with Crippen molar-refractivity contribution in [3.63, 3.8) is 0 Å². The molecule has 0 bridgehead atoms. The maximum absolute atomic E-state index is 13.2. The van der Waals surface area contributed by atoms with Crippen LogP contribution in [0.4, 0.5) is 4.39 Å². The van der Waals surface area contributed by atoms with Crippen LogP contribution in [-0.2, 0) is 0 Å². The van der Waals surface area contributed by atoms with Gasteiger partial charge in [-0.15, -0.1) is 13.2 Å². The Hall–Kier alpha value is -1.87. The Morgan fingerprint density at radius 1 is 1.23 bits per heavy atom. The Morgan fingerprint density at radius 2 is 1.82 bits per heavy atom. The summed E-state index contributed by atoms with van der Waals surface area (Å²) in [6.07, 6.45) is 10.7. The van der Waals surface area contributed by atoms with Crippen molar-refractivity contribution in [2.75, 3.05) is 13.2 Å². The van der Waals surface area contributed by atoms with Crippen LogP contribution in [0.25, 0.3) is 0 Å². The normalized spacial score (nSPS) is 12.0. The SMILES string of the molecule is C=C.C=C/C(F)=C(\C=C\NCC(/C=C\CO)=C/C)CC.CC. The van der Waals surface area contributed by atoms with Gasteiger partial charge in [-0.3, -0.25) is 0 Å². The molecule has 0 radical (unpaired) electrons. The Bertz CT molecular complexity index is 379. The van der Waals surface area contributed by atoms with E-state index in [1.807, 2.05) is 39.8 Å². The summed E-state index contributed by atoms with van der Waals surface area (Å²) in [4.78, 5) is 0. The number of hydrogen-bond donors (Lipinski definition) is 2. The Morgan fingerprint density at radius 3 is 2.23 bits per heavy atom. The third-order valence-electron chi connectivity index (χ3n) is 2.38. The van der Waals surface area contributed by atoms with Gasteiger partial charge in [-0.1, -0.05) is 45.6 Å². The van der Waals surface area contributed by atoms with Gasteiger partial charge in [-0.2, -0.15) is 0 Å². The van der Waals surface area contributed by atoms with Crippen molar-refractivity contribution in [3.8, 4) is 0 Å². The van der Waals surface area contributed by atoms with Crippen LogP contribution in [0.5, 0.6) is 0 Å². The second-order valence-electron chi connectivity index (χ2n) is 3.59. The lowest BCUT2D eigenvalue weighted by molar-refractivity contribution is 0.342. The van der Waals surface area contributed by atoms with Gasteiger partial charge >= 0.3 is 0 Å². The van der Waals surface area contributed by atoms with E-state index in [-0.39, 0.29) is 12.4 Å². The minimum atomic E-state index is -0.290. The van der Waals surface area contributed by atoms with Gasteiger partial charge in [0.05, 0.1) is 6.61 Å². The maximum Gasteiger partial charge on any atom is 0.125 e. The van der Waals surface area contributed by atoms with Crippen molar-refractivity contribution in [1.29, 1.82) is 0 Å². The summed E-state index contributed by atoms with van der Waals surface area (Å²) in [7, 11) is 0. The number of allylic oxidation sites excluding steroid dienone is 5. The van der Waals surface area contributed by atoms with Gasteiger partial charge < -0.3 is 10.4 Å². The molecule has 3 heteroatoms. The van der Waals surface area contributed by atoms with Gasteiger partial charge in [0, 0.05) is 6.54 Å². The zero-order valence-corrected chi connectivity index (χ0v) is 14.5. The van der Waals surface area contributed by atoms with Gasteiger partial charge in [0.15, 0.2) is 0 Å². The van der Waals surface area contributed by atoms with Crippen molar-refractivity contribution in [2.24, 2.45) is 0 Å². The van der Waals surface area contributed by atoms with Gasteiger partial charge in [0.25, 0.3) is 0 Å². The Kier molecular flexibility index (Phi) is 24.5. The maximum atomic E-state index is 13.2. The molecule has 0 aromatic rings. The lowest BCUT2D eigenvalue weighted by Gasteiger charge is -2.02. The van der Waals surface area contributed by atoms with E-state index in [1.165, 1.54) is 6.08 Å². The van der Waals surface area contributed by atoms with E-state index in [0.29, 0.717) is 18.5 Å². The van der Waals surface area contributed by atoms with Crippen LogP contribution >= 0.6 is 0 Å². The van der Waals surface area contributed by atoms with Gasteiger partial charge in [-0.25, -0.2) is 4.39 Å². The van der Waals surface area contributed by atoms with Crippen molar-refractivity contribution >= 4 is 0 Å². The number of rotatable bonds is 8. The number of nitrogens with one attached hydrogen (secondary N) is 1. The van der Waals surface area contributed by atoms with Crippen LogP contribution in [0, 0.1) is 0 Å². The zero-order valence-electron chi connectivity index (χ0n) is 14.5. The van der Waals surface area contributed by atoms with Gasteiger partial charge in [-0.05, 0) is 42.8 Å². The summed E-state index contributed by atoms with van der Waals surface area (Å²) in [6, 6.07) is 0. The molecule has 0 spiro atoms. The molecule has 126 valence electrons. The average Bonchev–Trinajstić information content (AvgIpc) is 2.60. The zero-order chi connectivity index (χ0) is 17.8. The number of aliphatic hydroxyl groups is 1. The van der Waals surface area contributed by atoms with Crippen molar-refractivity contribution < 1.29 is 9.50 Å². The highest BCUT2D eigenvalue weighted by molar-refractivity contribution is 5.27. The fourth-order valence-electron chi connectivity index (χ4n) is 1.30. The van der Waals surface area contributed by atoms with Crippen molar-refractivity contribution in [2.45, 2.75) is 34.1 Å². The van der Waals surface area contributed by atoms with Crippen LogP contribution in [-0.4, -0.2) is 18.3 Å². The highest BCUT2D eigenvalue weighted by Gasteiger charge is 1.96. The standard InChI is InChI=1S/C15H22FNO.C2H6.C2H4/c1-4-13(8-7-11-18)12-17-10-9-14(5-2)15(16)6-3;2*1-2/h4,6-10,17-18H,3,5,11-12H2,1-2H3;1-2H3;1-2H2/b8-7-,10-9+,13-4+,15-14+;;. The van der Waals surface area contributed by atoms with Crippen molar-refractivity contribution in [3.05, 3.63) is 73.3 Å². The lowest BCUT2D eigenvalue weighted by atomic mass is 10.1. The minimum Gasteiger partial charge on any atom is -0.392 e. The first-order valence-electron chi connectivity index (χ1n) is 7.53. The molecular weight excluding hydrogens is 277 g/mol. The highest BCUT2D eigenvalue weighted by atomic mass is 19.1. The van der Waals surface area contributed by atoms with E-state index in [1.54, 1.807) is 18.4 Å². The molecule has 0 saturated carbocycles. The molecule has 0 fully saturated rings. The summed E-state index contributed by atoms with van der Waals surface area (Å²) >= 11 is 0. The predicted molar refractivity (Wildman–Crippen MR) is 98.3 cm³/mol. The molecule has 0 heterocycles. The second kappa shape index (κ2) is 21.4. The summed E-state index contributed by atoms with van der Waals surface area (Å²) < 4.78 is 13.2. The minimum absolute atomic E-state index is 0.0282. The molecule has 0 saturated heterocycles. The summed E-state index contributed by atoms with van der Waals surface area (Å²) in [5.41, 5.74) is 1.67. The molecule has 0 aliphatic heterocycles. The van der Waals surface area contributed by atoms with Crippen LogP contribution in [0.15, 0.2) is 73.3 Å². The largest absolute Gasteiger partial charge is 0.392 e. The van der Waals surface area contributed by atoms with Crippen molar-refractivity contribution in [1.82, 2.24) is 5.32 Å².